The van der Waals surface area contributed by atoms with E-state index in [0.717, 1.165) is 6.20 Å². The molecule has 0 aliphatic heterocycles. The topological polar surface area (TPSA) is 111 Å². The molecule has 0 bridgehead atoms. The lowest BCUT2D eigenvalue weighted by atomic mass is 10.5. The molecule has 0 unspecified atom stereocenters. The van der Waals surface area contributed by atoms with Gasteiger partial charge in [0, 0.05) is 6.20 Å². The van der Waals surface area contributed by atoms with Crippen LogP contribution >= 0.6 is 11.6 Å². The van der Waals surface area contributed by atoms with Crippen LogP contribution in [0.15, 0.2) is 35.4 Å². The molecule has 18 heavy (non-hydrogen) atoms. The van der Waals surface area contributed by atoms with E-state index in [1.165, 1.54) is 24.3 Å². The van der Waals surface area contributed by atoms with E-state index in [0.29, 0.717) is 0 Å². The zero-order valence-corrected chi connectivity index (χ0v) is 10.5. The zero-order valence-electron chi connectivity index (χ0n) is 8.91. The number of nitrogens with zero attached hydrogens (tertiary/aromatic N) is 3. The number of pyridine rings is 1. The highest BCUT2D eigenvalue weighted by Gasteiger charge is 2.15. The van der Waals surface area contributed by atoms with Crippen molar-refractivity contribution in [3.05, 3.63) is 35.6 Å². The molecule has 94 valence electrons. The van der Waals surface area contributed by atoms with E-state index in [1.807, 2.05) is 0 Å². The first kappa shape index (κ1) is 12.5. The van der Waals surface area contributed by atoms with Gasteiger partial charge in [0.15, 0.2) is 11.0 Å². The number of sulfonamides is 1. The second kappa shape index (κ2) is 4.75. The number of hydrogen-bond acceptors (Lipinski definition) is 6. The second-order valence-corrected chi connectivity index (χ2v) is 5.34. The molecule has 2 aromatic heterocycles. The van der Waals surface area contributed by atoms with Crippen molar-refractivity contribution in [1.82, 2.24) is 15.2 Å². The Bertz CT molecular complexity index is 642. The first-order valence-corrected chi connectivity index (χ1v) is 6.57. The van der Waals surface area contributed by atoms with Crippen LogP contribution in [0, 0.1) is 0 Å². The SMILES string of the molecule is Nc1ccc(S(=O)(=O)Nc2ccc(Cl)nn2)cn1. The quantitative estimate of drug-likeness (QED) is 0.867. The summed E-state index contributed by atoms with van der Waals surface area (Å²) in [5, 5.41) is 7.29. The van der Waals surface area contributed by atoms with Gasteiger partial charge in [0.05, 0.1) is 0 Å². The van der Waals surface area contributed by atoms with Gasteiger partial charge in [-0.25, -0.2) is 13.4 Å². The molecule has 0 aliphatic rings. The average Bonchev–Trinajstić information content (AvgIpc) is 2.32. The highest BCUT2D eigenvalue weighted by Crippen LogP contribution is 2.14. The molecule has 0 amide bonds. The summed E-state index contributed by atoms with van der Waals surface area (Å²) in [4.78, 5) is 3.68. The fraction of sp³-hybridized carbons (Fsp3) is 0. The van der Waals surface area contributed by atoms with Crippen LogP contribution in [0.2, 0.25) is 5.15 Å². The van der Waals surface area contributed by atoms with Crippen molar-refractivity contribution in [3.63, 3.8) is 0 Å². The molecule has 3 N–H and O–H groups in total. The largest absolute Gasteiger partial charge is 0.384 e. The number of rotatable bonds is 3. The van der Waals surface area contributed by atoms with Crippen LogP contribution < -0.4 is 10.5 Å². The maximum absolute atomic E-state index is 11.9. The third kappa shape index (κ3) is 2.84. The van der Waals surface area contributed by atoms with Crippen molar-refractivity contribution < 1.29 is 8.42 Å². The van der Waals surface area contributed by atoms with Crippen LogP contribution in [0.25, 0.3) is 0 Å². The molecule has 0 fully saturated rings. The molecular formula is C9H8ClN5O2S. The monoisotopic (exact) mass is 285 g/mol. The van der Waals surface area contributed by atoms with E-state index < -0.39 is 10.0 Å². The van der Waals surface area contributed by atoms with Crippen LogP contribution in [0.1, 0.15) is 0 Å². The Labute approximate surface area is 108 Å². The molecule has 0 radical (unpaired) electrons. The van der Waals surface area contributed by atoms with E-state index in [9.17, 15) is 8.42 Å². The van der Waals surface area contributed by atoms with Gasteiger partial charge in [0.25, 0.3) is 10.0 Å². The number of nitrogen functional groups attached to an aromatic ring is 1. The number of hydrogen-bond donors (Lipinski definition) is 2. The summed E-state index contributed by atoms with van der Waals surface area (Å²) in [5.41, 5.74) is 5.38. The van der Waals surface area contributed by atoms with Crippen molar-refractivity contribution >= 4 is 33.3 Å². The normalized spacial score (nSPS) is 11.2. The Morgan fingerprint density at radius 2 is 1.94 bits per heavy atom. The summed E-state index contributed by atoms with van der Waals surface area (Å²) in [5.74, 6) is 0.302. The van der Waals surface area contributed by atoms with E-state index in [4.69, 9.17) is 17.3 Å². The Morgan fingerprint density at radius 1 is 1.17 bits per heavy atom. The smallest absolute Gasteiger partial charge is 0.264 e. The molecule has 0 saturated carbocycles. The Balaban J connectivity index is 2.27. The van der Waals surface area contributed by atoms with Gasteiger partial charge in [-0.05, 0) is 24.3 Å². The van der Waals surface area contributed by atoms with Crippen LogP contribution in [0.4, 0.5) is 11.6 Å². The zero-order chi connectivity index (χ0) is 13.2. The predicted molar refractivity (Wildman–Crippen MR) is 66.5 cm³/mol. The highest BCUT2D eigenvalue weighted by molar-refractivity contribution is 7.92. The van der Waals surface area contributed by atoms with Crippen molar-refractivity contribution in [2.75, 3.05) is 10.5 Å². The first-order chi connectivity index (χ1) is 8.47. The number of anilines is 2. The molecule has 0 aromatic carbocycles. The number of nitrogens with one attached hydrogen (secondary N) is 1. The minimum absolute atomic E-state index is 0.0200. The van der Waals surface area contributed by atoms with Gasteiger partial charge in [-0.3, -0.25) is 4.72 Å². The summed E-state index contributed by atoms with van der Waals surface area (Å²) in [6.07, 6.45) is 1.15. The van der Waals surface area contributed by atoms with Gasteiger partial charge in [0.1, 0.15) is 10.7 Å². The molecule has 2 heterocycles. The van der Waals surface area contributed by atoms with E-state index in [-0.39, 0.29) is 21.7 Å². The molecule has 0 atom stereocenters. The molecule has 2 aromatic rings. The Kier molecular flexibility index (Phi) is 3.30. The Morgan fingerprint density at radius 3 is 2.50 bits per heavy atom. The predicted octanol–water partition coefficient (Wildman–Crippen LogP) is 0.908. The molecule has 0 saturated heterocycles. The maximum atomic E-state index is 11.9. The van der Waals surface area contributed by atoms with Gasteiger partial charge >= 0.3 is 0 Å². The lowest BCUT2D eigenvalue weighted by Gasteiger charge is -2.06. The van der Waals surface area contributed by atoms with Gasteiger partial charge < -0.3 is 5.73 Å². The third-order valence-corrected chi connectivity index (χ3v) is 3.48. The van der Waals surface area contributed by atoms with Crippen LogP contribution in [0.5, 0.6) is 0 Å². The van der Waals surface area contributed by atoms with Crippen LogP contribution in [0.3, 0.4) is 0 Å². The summed E-state index contributed by atoms with van der Waals surface area (Å²) in [7, 11) is -3.76. The number of halogens is 1. The lowest BCUT2D eigenvalue weighted by Crippen LogP contribution is -2.14. The van der Waals surface area contributed by atoms with Gasteiger partial charge in [-0.15, -0.1) is 10.2 Å². The standard InChI is InChI=1S/C9H8ClN5O2S/c10-7-2-4-9(14-13-7)15-18(16,17)6-1-3-8(11)12-5-6/h1-5H,(H2,11,12)(H,14,15). The third-order valence-electron chi connectivity index (χ3n) is 1.94. The maximum Gasteiger partial charge on any atom is 0.264 e. The average molecular weight is 286 g/mol. The molecule has 0 spiro atoms. The molecule has 0 aliphatic carbocycles. The van der Waals surface area contributed by atoms with Crippen LogP contribution in [-0.2, 0) is 10.0 Å². The number of aromatic nitrogens is 3. The van der Waals surface area contributed by atoms with Crippen molar-refractivity contribution in [3.8, 4) is 0 Å². The van der Waals surface area contributed by atoms with E-state index >= 15 is 0 Å². The molecule has 9 heteroatoms. The molecule has 2 rings (SSSR count). The summed E-state index contributed by atoms with van der Waals surface area (Å²) < 4.78 is 26.1. The fourth-order valence-corrected chi connectivity index (χ4v) is 2.16. The lowest BCUT2D eigenvalue weighted by molar-refractivity contribution is 0.600. The van der Waals surface area contributed by atoms with Crippen molar-refractivity contribution in [1.29, 1.82) is 0 Å². The van der Waals surface area contributed by atoms with E-state index in [2.05, 4.69) is 19.9 Å². The fourth-order valence-electron chi connectivity index (χ4n) is 1.12. The van der Waals surface area contributed by atoms with Crippen LogP contribution in [-0.4, -0.2) is 23.6 Å². The summed E-state index contributed by atoms with van der Waals surface area (Å²) in [6, 6.07) is 5.56. The summed E-state index contributed by atoms with van der Waals surface area (Å²) in [6.45, 7) is 0. The van der Waals surface area contributed by atoms with Gasteiger partial charge in [-0.2, -0.15) is 0 Å². The molecule has 7 nitrogen and oxygen atoms in total. The van der Waals surface area contributed by atoms with Crippen molar-refractivity contribution in [2.45, 2.75) is 4.90 Å². The highest BCUT2D eigenvalue weighted by atomic mass is 35.5. The summed E-state index contributed by atoms with van der Waals surface area (Å²) >= 11 is 5.54. The van der Waals surface area contributed by atoms with Gasteiger partial charge in [0.2, 0.25) is 0 Å². The van der Waals surface area contributed by atoms with Gasteiger partial charge in [-0.1, -0.05) is 11.6 Å². The van der Waals surface area contributed by atoms with Crippen molar-refractivity contribution in [2.24, 2.45) is 0 Å². The second-order valence-electron chi connectivity index (χ2n) is 3.27. The Hall–Kier alpha value is -1.93. The number of nitrogens with two attached hydrogens (primary N) is 1. The minimum atomic E-state index is -3.76. The molecular weight excluding hydrogens is 278 g/mol. The minimum Gasteiger partial charge on any atom is -0.384 e. The van der Waals surface area contributed by atoms with E-state index in [1.54, 1.807) is 0 Å². The first-order valence-electron chi connectivity index (χ1n) is 4.71.